The maximum atomic E-state index is 11.7. The number of thiazole rings is 1. The van der Waals surface area contributed by atoms with E-state index < -0.39 is 0 Å². The van der Waals surface area contributed by atoms with Gasteiger partial charge < -0.3 is 15.4 Å². The normalized spacial score (nSPS) is 12.4. The van der Waals surface area contributed by atoms with Crippen LogP contribution in [-0.2, 0) is 16.1 Å². The van der Waals surface area contributed by atoms with Crippen molar-refractivity contribution in [1.29, 1.82) is 0 Å². The molecule has 0 bridgehead atoms. The third kappa shape index (κ3) is 5.57. The Labute approximate surface area is 112 Å². The fourth-order valence-electron chi connectivity index (χ4n) is 1.42. The molecule has 1 aromatic heterocycles. The van der Waals surface area contributed by atoms with Crippen LogP contribution in [0.5, 0.6) is 0 Å². The van der Waals surface area contributed by atoms with Crippen LogP contribution in [0.1, 0.15) is 24.0 Å². The van der Waals surface area contributed by atoms with Crippen LogP contribution in [0.15, 0.2) is 5.38 Å². The predicted molar refractivity (Wildman–Crippen MR) is 72.7 cm³/mol. The second-order valence-corrected chi connectivity index (χ2v) is 5.16. The van der Waals surface area contributed by atoms with Crippen molar-refractivity contribution in [3.63, 3.8) is 0 Å². The Hall–Kier alpha value is -0.980. The van der Waals surface area contributed by atoms with E-state index in [1.165, 1.54) is 0 Å². The third-order valence-corrected chi connectivity index (χ3v) is 3.30. The Kier molecular flexibility index (Phi) is 6.85. The summed E-state index contributed by atoms with van der Waals surface area (Å²) in [4.78, 5) is 16.0. The highest BCUT2D eigenvalue weighted by atomic mass is 32.1. The van der Waals surface area contributed by atoms with E-state index in [9.17, 15) is 4.79 Å². The van der Waals surface area contributed by atoms with Gasteiger partial charge in [-0.15, -0.1) is 11.3 Å². The first-order valence-corrected chi connectivity index (χ1v) is 6.92. The number of nitrogens with one attached hydrogen (secondary N) is 2. The van der Waals surface area contributed by atoms with E-state index in [4.69, 9.17) is 4.74 Å². The zero-order chi connectivity index (χ0) is 13.4. The highest BCUT2D eigenvalue weighted by molar-refractivity contribution is 7.09. The Balaban J connectivity index is 2.19. The van der Waals surface area contributed by atoms with Crippen LogP contribution < -0.4 is 10.6 Å². The zero-order valence-corrected chi connectivity index (χ0v) is 12.0. The summed E-state index contributed by atoms with van der Waals surface area (Å²) in [6.45, 7) is 5.76. The number of hydrogen-bond acceptors (Lipinski definition) is 5. The van der Waals surface area contributed by atoms with Crippen LogP contribution in [-0.4, -0.2) is 37.2 Å². The number of hydrogen-bond donors (Lipinski definition) is 2. The number of amides is 1. The van der Waals surface area contributed by atoms with Crippen LogP contribution in [0.25, 0.3) is 0 Å². The van der Waals surface area contributed by atoms with Crippen molar-refractivity contribution in [3.8, 4) is 0 Å². The smallest absolute Gasteiger partial charge is 0.236 e. The topological polar surface area (TPSA) is 63.2 Å². The largest absolute Gasteiger partial charge is 0.385 e. The van der Waals surface area contributed by atoms with Crippen LogP contribution in [0, 0.1) is 6.92 Å². The van der Waals surface area contributed by atoms with Crippen molar-refractivity contribution >= 4 is 17.2 Å². The SMILES string of the molecule is COCCCNC(=O)C(C)NCc1csc(C)n1. The molecule has 1 amide bonds. The van der Waals surface area contributed by atoms with Gasteiger partial charge in [-0.05, 0) is 20.3 Å². The Morgan fingerprint density at radius 3 is 3.00 bits per heavy atom. The van der Waals surface area contributed by atoms with Crippen molar-refractivity contribution in [1.82, 2.24) is 15.6 Å². The molecule has 1 aromatic rings. The van der Waals surface area contributed by atoms with Crippen molar-refractivity contribution in [2.45, 2.75) is 32.9 Å². The second kappa shape index (κ2) is 8.18. The summed E-state index contributed by atoms with van der Waals surface area (Å²) in [6.07, 6.45) is 0.834. The molecule has 0 saturated heterocycles. The molecule has 2 N–H and O–H groups in total. The van der Waals surface area contributed by atoms with E-state index in [-0.39, 0.29) is 11.9 Å². The maximum Gasteiger partial charge on any atom is 0.236 e. The lowest BCUT2D eigenvalue weighted by Gasteiger charge is -2.13. The first-order chi connectivity index (χ1) is 8.63. The van der Waals surface area contributed by atoms with E-state index in [2.05, 4.69) is 15.6 Å². The van der Waals surface area contributed by atoms with Crippen molar-refractivity contribution < 1.29 is 9.53 Å². The monoisotopic (exact) mass is 271 g/mol. The van der Waals surface area contributed by atoms with Gasteiger partial charge in [-0.25, -0.2) is 4.98 Å². The predicted octanol–water partition coefficient (Wildman–Crippen LogP) is 1.08. The minimum Gasteiger partial charge on any atom is -0.385 e. The summed E-state index contributed by atoms with van der Waals surface area (Å²) in [7, 11) is 1.65. The van der Waals surface area contributed by atoms with E-state index in [1.807, 2.05) is 19.2 Å². The average molecular weight is 271 g/mol. The lowest BCUT2D eigenvalue weighted by atomic mass is 10.3. The summed E-state index contributed by atoms with van der Waals surface area (Å²) < 4.78 is 4.92. The molecule has 0 saturated carbocycles. The van der Waals surface area contributed by atoms with Gasteiger partial charge in [-0.3, -0.25) is 4.79 Å². The molecule has 0 radical (unpaired) electrons. The van der Waals surface area contributed by atoms with Gasteiger partial charge in [0, 0.05) is 32.2 Å². The first-order valence-electron chi connectivity index (χ1n) is 6.04. The summed E-state index contributed by atoms with van der Waals surface area (Å²) in [6, 6.07) is -0.213. The number of methoxy groups -OCH3 is 1. The van der Waals surface area contributed by atoms with Crippen LogP contribution in [0.4, 0.5) is 0 Å². The van der Waals surface area contributed by atoms with E-state index in [1.54, 1.807) is 18.4 Å². The first kappa shape index (κ1) is 15.1. The fourth-order valence-corrected chi connectivity index (χ4v) is 2.03. The van der Waals surface area contributed by atoms with Gasteiger partial charge in [-0.1, -0.05) is 0 Å². The molecular formula is C12H21N3O2S. The van der Waals surface area contributed by atoms with Crippen LogP contribution in [0.2, 0.25) is 0 Å². The molecule has 1 heterocycles. The lowest BCUT2D eigenvalue weighted by Crippen LogP contribution is -2.42. The molecule has 0 aliphatic carbocycles. The van der Waals surface area contributed by atoms with Gasteiger partial charge in [0.15, 0.2) is 0 Å². The highest BCUT2D eigenvalue weighted by Crippen LogP contribution is 2.07. The number of nitrogens with zero attached hydrogens (tertiary/aromatic N) is 1. The minimum atomic E-state index is -0.213. The zero-order valence-electron chi connectivity index (χ0n) is 11.2. The van der Waals surface area contributed by atoms with Gasteiger partial charge in [0.25, 0.3) is 0 Å². The van der Waals surface area contributed by atoms with Crippen molar-refractivity contribution in [2.24, 2.45) is 0 Å². The molecule has 1 rings (SSSR count). The van der Waals surface area contributed by atoms with Crippen LogP contribution >= 0.6 is 11.3 Å². The van der Waals surface area contributed by atoms with Crippen molar-refractivity contribution in [3.05, 3.63) is 16.1 Å². The maximum absolute atomic E-state index is 11.7. The summed E-state index contributed by atoms with van der Waals surface area (Å²) in [5.74, 6) is 0.0121. The quantitative estimate of drug-likeness (QED) is 0.695. The minimum absolute atomic E-state index is 0.0121. The van der Waals surface area contributed by atoms with E-state index >= 15 is 0 Å². The molecule has 0 aliphatic heterocycles. The molecule has 102 valence electrons. The molecule has 0 spiro atoms. The Morgan fingerprint density at radius 2 is 2.39 bits per heavy atom. The number of carbonyl (C=O) groups is 1. The molecule has 0 aromatic carbocycles. The van der Waals surface area contributed by atoms with Gasteiger partial charge in [0.1, 0.15) is 0 Å². The molecule has 1 unspecified atom stereocenters. The average Bonchev–Trinajstić information content (AvgIpc) is 2.77. The van der Waals surface area contributed by atoms with Crippen molar-refractivity contribution in [2.75, 3.05) is 20.3 Å². The molecule has 0 aliphatic rings. The Bertz CT molecular complexity index is 368. The summed E-state index contributed by atoms with van der Waals surface area (Å²) >= 11 is 1.62. The molecule has 0 fully saturated rings. The standard InChI is InChI=1S/C12H21N3O2S/c1-9(12(16)13-5-4-6-17-3)14-7-11-8-18-10(2)15-11/h8-9,14H,4-7H2,1-3H3,(H,13,16). The highest BCUT2D eigenvalue weighted by Gasteiger charge is 2.11. The number of aromatic nitrogens is 1. The van der Waals surface area contributed by atoms with E-state index in [0.29, 0.717) is 19.7 Å². The van der Waals surface area contributed by atoms with Gasteiger partial charge in [0.05, 0.1) is 16.7 Å². The van der Waals surface area contributed by atoms with Gasteiger partial charge in [0.2, 0.25) is 5.91 Å². The number of aryl methyl sites for hydroxylation is 1. The van der Waals surface area contributed by atoms with E-state index in [0.717, 1.165) is 17.1 Å². The number of carbonyl (C=O) groups excluding carboxylic acids is 1. The molecule has 6 heteroatoms. The molecular weight excluding hydrogens is 250 g/mol. The molecule has 18 heavy (non-hydrogen) atoms. The number of rotatable bonds is 8. The second-order valence-electron chi connectivity index (χ2n) is 4.10. The number of ether oxygens (including phenoxy) is 1. The molecule has 1 atom stereocenters. The third-order valence-electron chi connectivity index (χ3n) is 2.47. The van der Waals surface area contributed by atoms with Crippen LogP contribution in [0.3, 0.4) is 0 Å². The summed E-state index contributed by atoms with van der Waals surface area (Å²) in [5, 5.41) is 9.06. The lowest BCUT2D eigenvalue weighted by molar-refractivity contribution is -0.122. The molecule has 5 nitrogen and oxygen atoms in total. The van der Waals surface area contributed by atoms with Gasteiger partial charge >= 0.3 is 0 Å². The fraction of sp³-hybridized carbons (Fsp3) is 0.667. The summed E-state index contributed by atoms with van der Waals surface area (Å²) in [5.41, 5.74) is 0.983. The Morgan fingerprint density at radius 1 is 1.61 bits per heavy atom. The van der Waals surface area contributed by atoms with Gasteiger partial charge in [-0.2, -0.15) is 0 Å².